The summed E-state index contributed by atoms with van der Waals surface area (Å²) in [6.45, 7) is 5.03. The summed E-state index contributed by atoms with van der Waals surface area (Å²) in [5.41, 5.74) is 1.75. The van der Waals surface area contributed by atoms with Crippen molar-refractivity contribution in [3.05, 3.63) is 77.9 Å². The summed E-state index contributed by atoms with van der Waals surface area (Å²) in [7, 11) is -3.36. The van der Waals surface area contributed by atoms with E-state index in [-0.39, 0.29) is 17.6 Å². The van der Waals surface area contributed by atoms with Gasteiger partial charge >= 0.3 is 0 Å². The molecule has 164 valence electrons. The molecule has 1 aliphatic heterocycles. The molecule has 0 spiro atoms. The number of para-hydroxylation sites is 1. The Labute approximate surface area is 183 Å². The van der Waals surface area contributed by atoms with Gasteiger partial charge in [0.25, 0.3) is 11.8 Å². The van der Waals surface area contributed by atoms with Crippen LogP contribution in [-0.4, -0.2) is 44.2 Å². The lowest BCUT2D eigenvalue weighted by molar-refractivity contribution is 0.0959. The molecule has 7 nitrogen and oxygen atoms in total. The van der Waals surface area contributed by atoms with Gasteiger partial charge in [-0.05, 0) is 42.7 Å². The number of amides is 2. The molecule has 0 unspecified atom stereocenters. The highest BCUT2D eigenvalue weighted by atomic mass is 32.2. The molecule has 1 saturated heterocycles. The molecule has 1 aliphatic rings. The summed E-state index contributed by atoms with van der Waals surface area (Å²) >= 11 is 0. The Balaban J connectivity index is 1.67. The summed E-state index contributed by atoms with van der Waals surface area (Å²) < 4.78 is 26.7. The van der Waals surface area contributed by atoms with Crippen molar-refractivity contribution in [1.29, 1.82) is 0 Å². The lowest BCUT2D eigenvalue weighted by Crippen LogP contribution is -2.36. The van der Waals surface area contributed by atoms with Crippen LogP contribution >= 0.6 is 0 Å². The first-order chi connectivity index (χ1) is 14.9. The minimum Gasteiger partial charge on any atom is -0.349 e. The monoisotopic (exact) mass is 441 g/mol. The zero-order chi connectivity index (χ0) is 22.3. The van der Waals surface area contributed by atoms with Crippen molar-refractivity contribution in [2.24, 2.45) is 0 Å². The molecular formula is C23H27N3O4S. The number of nitrogens with one attached hydrogen (secondary N) is 2. The van der Waals surface area contributed by atoms with Crippen molar-refractivity contribution in [1.82, 2.24) is 9.62 Å². The molecule has 8 heteroatoms. The van der Waals surface area contributed by atoms with Crippen LogP contribution in [0, 0.1) is 0 Å². The van der Waals surface area contributed by atoms with E-state index in [9.17, 15) is 18.0 Å². The predicted octanol–water partition coefficient (Wildman–Crippen LogP) is 3.17. The van der Waals surface area contributed by atoms with Crippen LogP contribution in [0.15, 0.2) is 61.2 Å². The summed E-state index contributed by atoms with van der Waals surface area (Å²) in [6, 6.07) is 13.2. The number of carbonyl (C=O) groups excluding carboxylic acids is 2. The van der Waals surface area contributed by atoms with Gasteiger partial charge in [-0.2, -0.15) is 0 Å². The number of carbonyl (C=O) groups is 2. The van der Waals surface area contributed by atoms with Gasteiger partial charge in [-0.15, -0.1) is 6.58 Å². The summed E-state index contributed by atoms with van der Waals surface area (Å²) in [5.74, 6) is -0.773. The maximum Gasteiger partial charge on any atom is 0.255 e. The molecule has 1 heterocycles. The smallest absolute Gasteiger partial charge is 0.255 e. The van der Waals surface area contributed by atoms with Gasteiger partial charge in [0.05, 0.1) is 17.0 Å². The van der Waals surface area contributed by atoms with Crippen molar-refractivity contribution >= 4 is 27.5 Å². The molecule has 31 heavy (non-hydrogen) atoms. The molecule has 3 rings (SSSR count). The molecule has 0 saturated carbocycles. The zero-order valence-corrected chi connectivity index (χ0v) is 18.2. The van der Waals surface area contributed by atoms with E-state index in [0.717, 1.165) is 19.3 Å². The second kappa shape index (κ2) is 10.4. The first-order valence-electron chi connectivity index (χ1n) is 10.3. The number of sulfonamides is 1. The standard InChI is InChI=1S/C23H27N3O4S/c1-2-14-24-23(28)20-8-4-5-9-21(20)25-22(27)19-12-10-18(11-13-19)17-31(29,30)26-15-6-3-7-16-26/h2,4-5,8-13H,1,3,6-7,14-17H2,(H,24,28)(H,25,27). The Hall–Kier alpha value is -2.97. The van der Waals surface area contributed by atoms with E-state index in [0.29, 0.717) is 42.0 Å². The van der Waals surface area contributed by atoms with Crippen LogP contribution in [-0.2, 0) is 15.8 Å². The molecule has 0 radical (unpaired) electrons. The van der Waals surface area contributed by atoms with Gasteiger partial charge < -0.3 is 10.6 Å². The van der Waals surface area contributed by atoms with Gasteiger partial charge in [0.2, 0.25) is 10.0 Å². The maximum atomic E-state index is 12.7. The molecule has 0 bridgehead atoms. The maximum absolute atomic E-state index is 12.7. The summed E-state index contributed by atoms with van der Waals surface area (Å²) in [4.78, 5) is 24.9. The normalized spacial score (nSPS) is 14.6. The van der Waals surface area contributed by atoms with E-state index >= 15 is 0 Å². The number of piperidine rings is 1. The largest absolute Gasteiger partial charge is 0.349 e. The van der Waals surface area contributed by atoms with Crippen LogP contribution in [0.4, 0.5) is 5.69 Å². The average molecular weight is 442 g/mol. The topological polar surface area (TPSA) is 95.6 Å². The molecule has 1 fully saturated rings. The number of hydrogen-bond acceptors (Lipinski definition) is 4. The number of rotatable bonds is 8. The van der Waals surface area contributed by atoms with Crippen molar-refractivity contribution in [3.8, 4) is 0 Å². The van der Waals surface area contributed by atoms with Gasteiger partial charge in [0.15, 0.2) is 0 Å². The molecule has 2 aromatic rings. The van der Waals surface area contributed by atoms with Gasteiger partial charge in [-0.1, -0.05) is 36.8 Å². The van der Waals surface area contributed by atoms with Crippen LogP contribution in [0.1, 0.15) is 45.5 Å². The number of benzene rings is 2. The lowest BCUT2D eigenvalue weighted by Gasteiger charge is -2.25. The first kappa shape index (κ1) is 22.7. The Kier molecular flexibility index (Phi) is 7.59. The third-order valence-electron chi connectivity index (χ3n) is 5.10. The van der Waals surface area contributed by atoms with E-state index < -0.39 is 10.0 Å². The minimum atomic E-state index is -3.36. The summed E-state index contributed by atoms with van der Waals surface area (Å²) in [6.07, 6.45) is 4.43. The second-order valence-corrected chi connectivity index (χ2v) is 9.38. The van der Waals surface area contributed by atoms with E-state index in [1.165, 1.54) is 0 Å². The SMILES string of the molecule is C=CCNC(=O)c1ccccc1NC(=O)c1ccc(CS(=O)(=O)N2CCCCC2)cc1. The molecule has 2 N–H and O–H groups in total. The van der Waals surface area contributed by atoms with Crippen LogP contribution in [0.3, 0.4) is 0 Å². The molecule has 0 aliphatic carbocycles. The zero-order valence-electron chi connectivity index (χ0n) is 17.3. The minimum absolute atomic E-state index is 0.0821. The molecule has 2 aromatic carbocycles. The highest BCUT2D eigenvalue weighted by Gasteiger charge is 2.24. The van der Waals surface area contributed by atoms with Crippen molar-refractivity contribution in [2.75, 3.05) is 25.0 Å². The third-order valence-corrected chi connectivity index (χ3v) is 6.95. The first-order valence-corrected chi connectivity index (χ1v) is 11.9. The third kappa shape index (κ3) is 6.02. The van der Waals surface area contributed by atoms with Crippen molar-refractivity contribution in [2.45, 2.75) is 25.0 Å². The second-order valence-electron chi connectivity index (χ2n) is 7.41. The number of hydrogen-bond donors (Lipinski definition) is 2. The Morgan fingerprint density at radius 3 is 2.32 bits per heavy atom. The molecular weight excluding hydrogens is 414 g/mol. The van der Waals surface area contributed by atoms with E-state index in [1.54, 1.807) is 58.9 Å². The quantitative estimate of drug-likeness (QED) is 0.615. The van der Waals surface area contributed by atoms with Crippen LogP contribution in [0.5, 0.6) is 0 Å². The highest BCUT2D eigenvalue weighted by Crippen LogP contribution is 2.19. The molecule has 0 atom stereocenters. The Morgan fingerprint density at radius 1 is 0.968 bits per heavy atom. The van der Waals surface area contributed by atoms with Crippen LogP contribution in [0.2, 0.25) is 0 Å². The van der Waals surface area contributed by atoms with Gasteiger partial charge in [-0.3, -0.25) is 9.59 Å². The van der Waals surface area contributed by atoms with Crippen molar-refractivity contribution < 1.29 is 18.0 Å². The van der Waals surface area contributed by atoms with E-state index in [1.807, 2.05) is 0 Å². The van der Waals surface area contributed by atoms with Crippen LogP contribution < -0.4 is 10.6 Å². The van der Waals surface area contributed by atoms with E-state index in [4.69, 9.17) is 0 Å². The number of nitrogens with zero attached hydrogens (tertiary/aromatic N) is 1. The van der Waals surface area contributed by atoms with E-state index in [2.05, 4.69) is 17.2 Å². The summed E-state index contributed by atoms with van der Waals surface area (Å²) in [5, 5.41) is 5.44. The van der Waals surface area contributed by atoms with Gasteiger partial charge in [0.1, 0.15) is 0 Å². The van der Waals surface area contributed by atoms with Gasteiger partial charge in [-0.25, -0.2) is 12.7 Å². The number of anilines is 1. The lowest BCUT2D eigenvalue weighted by atomic mass is 10.1. The van der Waals surface area contributed by atoms with Gasteiger partial charge in [0, 0.05) is 25.2 Å². The Morgan fingerprint density at radius 2 is 1.65 bits per heavy atom. The fourth-order valence-corrected chi connectivity index (χ4v) is 5.05. The average Bonchev–Trinajstić information content (AvgIpc) is 2.78. The van der Waals surface area contributed by atoms with Crippen molar-refractivity contribution in [3.63, 3.8) is 0 Å². The Bertz CT molecular complexity index is 1040. The molecule has 0 aromatic heterocycles. The fraction of sp³-hybridized carbons (Fsp3) is 0.304. The highest BCUT2D eigenvalue weighted by molar-refractivity contribution is 7.88. The van der Waals surface area contributed by atoms with Crippen LogP contribution in [0.25, 0.3) is 0 Å². The fourth-order valence-electron chi connectivity index (χ4n) is 3.44. The predicted molar refractivity (Wildman–Crippen MR) is 121 cm³/mol. The molecule has 2 amide bonds.